The average Bonchev–Trinajstić information content (AvgIpc) is 3.61. The summed E-state index contributed by atoms with van der Waals surface area (Å²) >= 11 is 0. The molecule has 6 aromatic carbocycles. The third-order valence-electron chi connectivity index (χ3n) is 9.83. The van der Waals surface area contributed by atoms with Gasteiger partial charge in [0.2, 0.25) is 0 Å². The Kier molecular flexibility index (Phi) is 8.62. The van der Waals surface area contributed by atoms with Crippen molar-refractivity contribution in [3.05, 3.63) is 169 Å². The van der Waals surface area contributed by atoms with E-state index in [9.17, 15) is 5.11 Å². The van der Waals surface area contributed by atoms with Gasteiger partial charge >= 0.3 is 0 Å². The Labute approximate surface area is 345 Å². The van der Waals surface area contributed by atoms with Crippen molar-refractivity contribution in [1.82, 2.24) is 14.5 Å². The molecule has 0 radical (unpaired) electrons. The van der Waals surface area contributed by atoms with Gasteiger partial charge in [-0.3, -0.25) is 9.55 Å². The molecule has 0 bridgehead atoms. The number of phenolic OH excluding ortho intramolecular Hbond substituents is 1. The van der Waals surface area contributed by atoms with Gasteiger partial charge in [-0.15, -0.1) is 29.3 Å². The Morgan fingerprint density at radius 2 is 1.35 bits per heavy atom. The molecule has 5 heteroatoms. The number of aromatic hydroxyl groups is 1. The quantitative estimate of drug-likeness (QED) is 0.169. The maximum Gasteiger partial charge on any atom is 0.148 e. The monoisotopic (exact) mass is 902 g/mol. The van der Waals surface area contributed by atoms with E-state index in [2.05, 4.69) is 107 Å². The van der Waals surface area contributed by atoms with Gasteiger partial charge in [0, 0.05) is 38.6 Å². The van der Waals surface area contributed by atoms with Gasteiger partial charge in [0.25, 0.3) is 0 Å². The first-order valence-electron chi connectivity index (χ1n) is 20.6. The smallest absolute Gasteiger partial charge is 0.148 e. The third kappa shape index (κ3) is 7.44. The van der Waals surface area contributed by atoms with Crippen LogP contribution in [0.3, 0.4) is 0 Å². The number of hydrogen-bond acceptors (Lipinski definition) is 3. The fourth-order valence-electron chi connectivity index (χ4n) is 7.00. The largest absolute Gasteiger partial charge is 0.507 e. The van der Waals surface area contributed by atoms with E-state index in [-0.39, 0.29) is 67.4 Å². The molecule has 2 heterocycles. The van der Waals surface area contributed by atoms with Crippen molar-refractivity contribution in [2.75, 3.05) is 0 Å². The zero-order valence-corrected chi connectivity index (χ0v) is 33.9. The van der Waals surface area contributed by atoms with Crippen molar-refractivity contribution < 1.29 is 33.0 Å². The summed E-state index contributed by atoms with van der Waals surface area (Å²) < 4.78 is 43.9. The van der Waals surface area contributed by atoms with Gasteiger partial charge in [0.1, 0.15) is 11.6 Å². The van der Waals surface area contributed by atoms with Crippen LogP contribution < -0.4 is 0 Å². The molecule has 0 amide bonds. The fraction of sp³-hybridized carbons (Fsp3) is 0.160. The van der Waals surface area contributed by atoms with Crippen LogP contribution in [0.4, 0.5) is 0 Å². The van der Waals surface area contributed by atoms with E-state index in [4.69, 9.17) is 16.8 Å². The molecular weight excluding hydrogens is 854 g/mol. The van der Waals surface area contributed by atoms with Gasteiger partial charge in [-0.1, -0.05) is 150 Å². The minimum atomic E-state index is -0.435. The maximum absolute atomic E-state index is 11.3. The predicted molar refractivity (Wildman–Crippen MR) is 224 cm³/mol. The standard InChI is InChI=1S/C50H44N3O.Pt/c1-49(2,3)38-29-36(28-37(30-38)44-31-35(26-27-51-44)33-16-9-7-10-17-33)41-21-15-22-45-47(41)52-48(42-20-13-14-23-46(42)54)53(45)39-24-25-40(34-18-11-8-12-19-34)43(32-39)50(4,5)6;/h7-27,29-32,54H,1-6H3;/q-1;/i7D,9D,10D,16D,17D;. The van der Waals surface area contributed by atoms with Gasteiger partial charge in [-0.05, 0) is 75.0 Å². The predicted octanol–water partition coefficient (Wildman–Crippen LogP) is 12.9. The molecule has 55 heavy (non-hydrogen) atoms. The van der Waals surface area contributed by atoms with Gasteiger partial charge in [-0.2, -0.15) is 0 Å². The van der Waals surface area contributed by atoms with E-state index >= 15 is 0 Å². The first-order valence-corrected chi connectivity index (χ1v) is 18.1. The molecule has 1 N–H and O–H groups in total. The van der Waals surface area contributed by atoms with Crippen molar-refractivity contribution in [1.29, 1.82) is 0 Å². The van der Waals surface area contributed by atoms with E-state index in [1.807, 2.05) is 36.4 Å². The average molecular weight is 903 g/mol. The Morgan fingerprint density at radius 1 is 0.636 bits per heavy atom. The van der Waals surface area contributed by atoms with Crippen LogP contribution in [0.2, 0.25) is 0 Å². The van der Waals surface area contributed by atoms with Crippen LogP contribution in [-0.2, 0) is 31.9 Å². The van der Waals surface area contributed by atoms with Crippen LogP contribution in [0.5, 0.6) is 5.75 Å². The zero-order valence-electron chi connectivity index (χ0n) is 36.7. The number of hydrogen-bond donors (Lipinski definition) is 1. The minimum absolute atomic E-state index is 0. The number of imidazole rings is 1. The molecule has 0 saturated heterocycles. The molecule has 8 rings (SSSR count). The van der Waals surface area contributed by atoms with Crippen LogP contribution in [-0.4, -0.2) is 19.6 Å². The Balaban J connectivity index is 0.00000544. The van der Waals surface area contributed by atoms with Crippen molar-refractivity contribution in [2.24, 2.45) is 0 Å². The first-order chi connectivity index (χ1) is 28.0. The number of nitrogens with zero attached hydrogens (tertiary/aromatic N) is 3. The summed E-state index contributed by atoms with van der Waals surface area (Å²) in [5.41, 5.74) is 10.6. The minimum Gasteiger partial charge on any atom is -0.507 e. The maximum atomic E-state index is 11.3. The topological polar surface area (TPSA) is 50.9 Å². The van der Waals surface area contributed by atoms with Crippen molar-refractivity contribution in [2.45, 2.75) is 52.4 Å². The molecule has 2 aromatic heterocycles. The normalized spacial score (nSPS) is 13.0. The zero-order chi connectivity index (χ0) is 42.0. The van der Waals surface area contributed by atoms with E-state index in [1.165, 1.54) is 5.56 Å². The second-order valence-corrected chi connectivity index (χ2v) is 15.7. The molecule has 0 fully saturated rings. The molecule has 0 saturated carbocycles. The molecule has 0 unspecified atom stereocenters. The first kappa shape index (κ1) is 31.7. The Morgan fingerprint density at radius 3 is 2.07 bits per heavy atom. The molecule has 0 spiro atoms. The number of fused-ring (bicyclic) bond motifs is 1. The number of benzene rings is 6. The van der Waals surface area contributed by atoms with Crippen molar-refractivity contribution in [3.8, 4) is 67.5 Å². The fourth-order valence-corrected chi connectivity index (χ4v) is 7.00. The van der Waals surface area contributed by atoms with Crippen LogP contribution >= 0.6 is 0 Å². The van der Waals surface area contributed by atoms with Crippen LogP contribution in [0.25, 0.3) is 72.7 Å². The van der Waals surface area contributed by atoms with Crippen LogP contribution in [0.15, 0.2) is 152 Å². The Bertz CT molecular complexity index is 2900. The molecule has 0 aliphatic heterocycles. The number of phenols is 1. The molecule has 0 aliphatic carbocycles. The van der Waals surface area contributed by atoms with Crippen molar-refractivity contribution >= 4 is 11.0 Å². The summed E-state index contributed by atoms with van der Waals surface area (Å²) in [6.07, 6.45) is 1.60. The van der Waals surface area contributed by atoms with Crippen LogP contribution in [0, 0.1) is 6.07 Å². The molecule has 276 valence electrons. The van der Waals surface area contributed by atoms with E-state index in [1.54, 1.807) is 30.5 Å². The second-order valence-electron chi connectivity index (χ2n) is 15.7. The summed E-state index contributed by atoms with van der Waals surface area (Å²) in [5, 5.41) is 11.3. The van der Waals surface area contributed by atoms with Gasteiger partial charge in [0.15, 0.2) is 0 Å². The van der Waals surface area contributed by atoms with Crippen molar-refractivity contribution in [3.63, 3.8) is 0 Å². The summed E-state index contributed by atoms with van der Waals surface area (Å²) in [7, 11) is 0. The summed E-state index contributed by atoms with van der Waals surface area (Å²) in [4.78, 5) is 10.0. The van der Waals surface area contributed by atoms with E-state index in [0.717, 1.165) is 44.5 Å². The Hall–Kier alpha value is -5.57. The summed E-state index contributed by atoms with van der Waals surface area (Å²) in [6, 6.07) is 39.8. The van der Waals surface area contributed by atoms with Crippen LogP contribution in [0.1, 0.15) is 59.5 Å². The van der Waals surface area contributed by atoms with E-state index in [0.29, 0.717) is 28.2 Å². The van der Waals surface area contributed by atoms with Gasteiger partial charge < -0.3 is 5.11 Å². The number of para-hydroxylation sites is 2. The number of rotatable bonds is 6. The number of aromatic nitrogens is 3. The van der Waals surface area contributed by atoms with Gasteiger partial charge in [0.05, 0.1) is 23.5 Å². The summed E-state index contributed by atoms with van der Waals surface area (Å²) in [6.45, 7) is 13.1. The molecule has 0 atom stereocenters. The SMILES string of the molecule is [2H]c1c([2H])c([2H])c(-c2ccnc(-c3[c-]c(-c4cccc5c4nc(-c4ccccc4O)n5-c4ccc(-c5ccccc5)c(C(C)(C)C)c4)cc(C(C)(C)C)c3)c2)c([2H])c1[2H].[Pt]. The molecular formula is C50H44N3OPt-. The summed E-state index contributed by atoms with van der Waals surface area (Å²) in [5.74, 6) is 0.717. The molecule has 0 aliphatic rings. The third-order valence-corrected chi connectivity index (χ3v) is 9.83. The molecule has 8 aromatic rings. The number of pyridine rings is 1. The second kappa shape index (κ2) is 14.9. The molecule has 4 nitrogen and oxygen atoms in total. The van der Waals surface area contributed by atoms with Gasteiger partial charge in [-0.25, -0.2) is 4.98 Å². The van der Waals surface area contributed by atoms with E-state index < -0.39 is 6.04 Å².